The normalized spacial score (nSPS) is 13.5. The molecule has 0 saturated heterocycles. The van der Waals surface area contributed by atoms with E-state index in [1.54, 1.807) is 12.1 Å². The Bertz CT molecular complexity index is 383. The first-order chi connectivity index (χ1) is 7.85. The third-order valence-corrected chi connectivity index (χ3v) is 2.11. The zero-order valence-electron chi connectivity index (χ0n) is 8.83. The van der Waals surface area contributed by atoms with Gasteiger partial charge in [0, 0.05) is 12.4 Å². The van der Waals surface area contributed by atoms with Crippen molar-refractivity contribution in [2.75, 3.05) is 0 Å². The highest BCUT2D eigenvalue weighted by molar-refractivity contribution is 5.84. The van der Waals surface area contributed by atoms with E-state index < -0.39 is 24.3 Å². The van der Waals surface area contributed by atoms with Crippen LogP contribution in [0.2, 0.25) is 0 Å². The van der Waals surface area contributed by atoms with Crippen LogP contribution in [0.15, 0.2) is 24.5 Å². The molecule has 0 aliphatic carbocycles. The Labute approximate surface area is 94.8 Å². The fourth-order valence-corrected chi connectivity index (χ4v) is 1.11. The van der Waals surface area contributed by atoms with Gasteiger partial charge in [0.2, 0.25) is 0 Å². The number of nitrogens with one attached hydrogen (secondary N) is 1. The van der Waals surface area contributed by atoms with Gasteiger partial charge in [-0.2, -0.15) is 8.78 Å². The Morgan fingerprint density at radius 1 is 1.47 bits per heavy atom. The maximum absolute atomic E-state index is 12.6. The van der Waals surface area contributed by atoms with Crippen LogP contribution in [-0.4, -0.2) is 23.2 Å². The van der Waals surface area contributed by atoms with Crippen molar-refractivity contribution in [1.82, 2.24) is 10.3 Å². The molecular formula is C10H10F4N2O. The summed E-state index contributed by atoms with van der Waals surface area (Å²) >= 11 is 0. The van der Waals surface area contributed by atoms with E-state index in [9.17, 15) is 22.4 Å². The molecule has 1 heterocycles. The van der Waals surface area contributed by atoms with Gasteiger partial charge >= 0.3 is 12.3 Å². The Morgan fingerprint density at radius 3 is 2.59 bits per heavy atom. The molecule has 1 rings (SSSR count). The van der Waals surface area contributed by atoms with Crippen LogP contribution < -0.4 is 5.32 Å². The van der Waals surface area contributed by atoms with Crippen LogP contribution in [0.1, 0.15) is 18.5 Å². The predicted molar refractivity (Wildman–Crippen MR) is 51.7 cm³/mol. The smallest absolute Gasteiger partial charge is 0.344 e. The first-order valence-corrected chi connectivity index (χ1v) is 4.72. The van der Waals surface area contributed by atoms with Gasteiger partial charge in [0.25, 0.3) is 5.91 Å². The molecule has 1 N–H and O–H groups in total. The summed E-state index contributed by atoms with van der Waals surface area (Å²) in [6.45, 7) is 1.40. The predicted octanol–water partition coefficient (Wildman–Crippen LogP) is 2.16. The second-order valence-corrected chi connectivity index (χ2v) is 3.41. The highest BCUT2D eigenvalue weighted by Crippen LogP contribution is 2.24. The standard InChI is InChI=1S/C10H10F4N2O/c1-6(7-3-2-4-15-5-7)16-9(17)10(13,14)8(11)12/h2-6,8H,1H3,(H,16,17)/t6-/m0/s1. The van der Waals surface area contributed by atoms with Crippen LogP contribution in [0.25, 0.3) is 0 Å². The van der Waals surface area contributed by atoms with Gasteiger partial charge in [0.05, 0.1) is 6.04 Å². The summed E-state index contributed by atoms with van der Waals surface area (Å²) in [6, 6.07) is 2.27. The van der Waals surface area contributed by atoms with E-state index in [-0.39, 0.29) is 0 Å². The fraction of sp³-hybridized carbons (Fsp3) is 0.400. The molecule has 0 unspecified atom stereocenters. The number of halogens is 4. The molecule has 0 fully saturated rings. The molecule has 94 valence electrons. The summed E-state index contributed by atoms with van der Waals surface area (Å²) in [5.74, 6) is -6.68. The largest absolute Gasteiger partial charge is 0.383 e. The van der Waals surface area contributed by atoms with Gasteiger partial charge < -0.3 is 5.32 Å². The molecule has 0 radical (unpaired) electrons. The Kier molecular flexibility index (Phi) is 4.03. The lowest BCUT2D eigenvalue weighted by Gasteiger charge is -2.19. The van der Waals surface area contributed by atoms with Crippen molar-refractivity contribution in [2.24, 2.45) is 0 Å². The zero-order chi connectivity index (χ0) is 13.1. The molecule has 7 heteroatoms. The van der Waals surface area contributed by atoms with Crippen LogP contribution in [-0.2, 0) is 4.79 Å². The van der Waals surface area contributed by atoms with Crippen LogP contribution in [0.4, 0.5) is 17.6 Å². The SMILES string of the molecule is C[C@H](NC(=O)C(F)(F)C(F)F)c1cccnc1. The van der Waals surface area contributed by atoms with E-state index in [0.717, 1.165) is 0 Å². The maximum atomic E-state index is 12.6. The second-order valence-electron chi connectivity index (χ2n) is 3.41. The highest BCUT2D eigenvalue weighted by atomic mass is 19.3. The maximum Gasteiger partial charge on any atom is 0.383 e. The van der Waals surface area contributed by atoms with Crippen LogP contribution in [0.5, 0.6) is 0 Å². The molecule has 0 aliphatic heterocycles. The summed E-state index contributed by atoms with van der Waals surface area (Å²) in [5.41, 5.74) is 0.450. The molecule has 1 amide bonds. The summed E-state index contributed by atoms with van der Waals surface area (Å²) in [5, 5.41) is 1.81. The van der Waals surface area contributed by atoms with Gasteiger partial charge in [0.1, 0.15) is 0 Å². The van der Waals surface area contributed by atoms with Crippen molar-refractivity contribution in [3.05, 3.63) is 30.1 Å². The number of amides is 1. The monoisotopic (exact) mass is 250 g/mol. The second kappa shape index (κ2) is 5.11. The van der Waals surface area contributed by atoms with E-state index in [1.807, 2.05) is 5.32 Å². The van der Waals surface area contributed by atoms with Crippen molar-refractivity contribution in [1.29, 1.82) is 0 Å². The number of alkyl halides is 4. The van der Waals surface area contributed by atoms with Crippen molar-refractivity contribution in [3.63, 3.8) is 0 Å². The van der Waals surface area contributed by atoms with Gasteiger partial charge in [-0.05, 0) is 18.6 Å². The molecule has 17 heavy (non-hydrogen) atoms. The third-order valence-electron chi connectivity index (χ3n) is 2.11. The van der Waals surface area contributed by atoms with Crippen molar-refractivity contribution in [3.8, 4) is 0 Å². The van der Waals surface area contributed by atoms with Crippen molar-refractivity contribution in [2.45, 2.75) is 25.3 Å². The number of aromatic nitrogens is 1. The zero-order valence-corrected chi connectivity index (χ0v) is 8.83. The average molecular weight is 250 g/mol. The number of rotatable bonds is 4. The van der Waals surface area contributed by atoms with Crippen LogP contribution >= 0.6 is 0 Å². The minimum absolute atomic E-state index is 0.450. The van der Waals surface area contributed by atoms with Crippen LogP contribution in [0, 0.1) is 0 Å². The molecule has 3 nitrogen and oxygen atoms in total. The van der Waals surface area contributed by atoms with Gasteiger partial charge in [-0.25, -0.2) is 8.78 Å². The van der Waals surface area contributed by atoms with E-state index >= 15 is 0 Å². The number of carbonyl (C=O) groups is 1. The van der Waals surface area contributed by atoms with Crippen molar-refractivity contribution < 1.29 is 22.4 Å². The van der Waals surface area contributed by atoms with Gasteiger partial charge in [-0.15, -0.1) is 0 Å². The number of nitrogens with zero attached hydrogens (tertiary/aromatic N) is 1. The summed E-state index contributed by atoms with van der Waals surface area (Å²) in [4.78, 5) is 14.7. The molecular weight excluding hydrogens is 240 g/mol. The number of hydrogen-bond donors (Lipinski definition) is 1. The molecule has 1 aromatic rings. The topological polar surface area (TPSA) is 42.0 Å². The third kappa shape index (κ3) is 3.15. The summed E-state index contributed by atoms with van der Waals surface area (Å²) in [6.07, 6.45) is -1.21. The summed E-state index contributed by atoms with van der Waals surface area (Å²) < 4.78 is 49.1. The van der Waals surface area contributed by atoms with Crippen molar-refractivity contribution >= 4 is 5.91 Å². The Balaban J connectivity index is 2.70. The quantitative estimate of drug-likeness (QED) is 0.832. The highest BCUT2D eigenvalue weighted by Gasteiger charge is 2.49. The molecule has 0 bridgehead atoms. The molecule has 0 spiro atoms. The fourth-order valence-electron chi connectivity index (χ4n) is 1.11. The minimum Gasteiger partial charge on any atom is -0.344 e. The van der Waals surface area contributed by atoms with E-state index in [4.69, 9.17) is 0 Å². The first kappa shape index (κ1) is 13.4. The molecule has 0 saturated carbocycles. The van der Waals surface area contributed by atoms with E-state index in [1.165, 1.54) is 19.3 Å². The Hall–Kier alpha value is -1.66. The lowest BCUT2D eigenvalue weighted by molar-refractivity contribution is -0.170. The lowest BCUT2D eigenvalue weighted by atomic mass is 10.1. The number of hydrogen-bond acceptors (Lipinski definition) is 2. The van der Waals surface area contributed by atoms with Gasteiger partial charge in [-0.1, -0.05) is 6.07 Å². The van der Waals surface area contributed by atoms with Crippen LogP contribution in [0.3, 0.4) is 0 Å². The minimum atomic E-state index is -4.68. The average Bonchev–Trinajstić information content (AvgIpc) is 2.29. The molecule has 0 aliphatic rings. The number of pyridine rings is 1. The molecule has 0 aromatic carbocycles. The Morgan fingerprint density at radius 2 is 2.12 bits per heavy atom. The molecule has 1 atom stereocenters. The number of carbonyl (C=O) groups excluding carboxylic acids is 1. The first-order valence-electron chi connectivity index (χ1n) is 4.72. The summed E-state index contributed by atoms with van der Waals surface area (Å²) in [7, 11) is 0. The lowest BCUT2D eigenvalue weighted by Crippen LogP contribution is -2.45. The molecule has 1 aromatic heterocycles. The van der Waals surface area contributed by atoms with E-state index in [2.05, 4.69) is 4.98 Å². The van der Waals surface area contributed by atoms with Gasteiger partial charge in [0.15, 0.2) is 0 Å². The van der Waals surface area contributed by atoms with Gasteiger partial charge in [-0.3, -0.25) is 9.78 Å². The van der Waals surface area contributed by atoms with E-state index in [0.29, 0.717) is 5.56 Å².